The van der Waals surface area contributed by atoms with E-state index in [2.05, 4.69) is 16.9 Å². The molecule has 1 N–H and O–H groups in total. The van der Waals surface area contributed by atoms with Crippen molar-refractivity contribution in [3.63, 3.8) is 0 Å². The first kappa shape index (κ1) is 9.58. The van der Waals surface area contributed by atoms with E-state index in [0.29, 0.717) is 0 Å². The summed E-state index contributed by atoms with van der Waals surface area (Å²) in [6.07, 6.45) is 3.61. The minimum absolute atomic E-state index is 0.756. The van der Waals surface area contributed by atoms with Crippen molar-refractivity contribution in [1.82, 2.24) is 4.98 Å². The van der Waals surface area contributed by atoms with Crippen LogP contribution in [0.15, 0.2) is 31.0 Å². The van der Waals surface area contributed by atoms with Gasteiger partial charge < -0.3 is 10.2 Å². The summed E-state index contributed by atoms with van der Waals surface area (Å²) in [5.41, 5.74) is 1.03. The number of anilines is 2. The van der Waals surface area contributed by atoms with Gasteiger partial charge in [-0.25, -0.2) is 4.98 Å². The molecule has 0 aliphatic rings. The number of hydrogen-bond donors (Lipinski definition) is 1. The van der Waals surface area contributed by atoms with Gasteiger partial charge in [-0.15, -0.1) is 6.58 Å². The summed E-state index contributed by atoms with van der Waals surface area (Å²) >= 11 is 0. The molecule has 0 aliphatic heterocycles. The Balaban J connectivity index is 2.84. The number of rotatable bonds is 4. The molecule has 0 radical (unpaired) electrons. The van der Waals surface area contributed by atoms with Crippen LogP contribution in [-0.4, -0.2) is 25.6 Å². The van der Waals surface area contributed by atoms with Gasteiger partial charge in [-0.05, 0) is 12.1 Å². The second kappa shape index (κ2) is 4.50. The summed E-state index contributed by atoms with van der Waals surface area (Å²) < 4.78 is 0. The molecule has 0 saturated heterocycles. The summed E-state index contributed by atoms with van der Waals surface area (Å²) in [6, 6.07) is 3.92. The Kier molecular flexibility index (Phi) is 3.31. The topological polar surface area (TPSA) is 28.2 Å². The molecule has 0 fully saturated rings. The van der Waals surface area contributed by atoms with Crippen LogP contribution in [0.5, 0.6) is 0 Å². The van der Waals surface area contributed by atoms with Crippen molar-refractivity contribution in [3.05, 3.63) is 31.0 Å². The number of nitrogens with one attached hydrogen (secondary N) is 1. The molecule has 0 spiro atoms. The van der Waals surface area contributed by atoms with Crippen molar-refractivity contribution in [1.29, 1.82) is 0 Å². The molecule has 0 unspecified atom stereocenters. The van der Waals surface area contributed by atoms with Gasteiger partial charge >= 0.3 is 0 Å². The van der Waals surface area contributed by atoms with E-state index in [1.54, 1.807) is 6.20 Å². The number of aromatic nitrogens is 1. The summed E-state index contributed by atoms with van der Waals surface area (Å²) in [5, 5.41) is 3.22. The van der Waals surface area contributed by atoms with Gasteiger partial charge in [0.25, 0.3) is 0 Å². The molecule has 1 heterocycles. The maximum Gasteiger partial charge on any atom is 0.151 e. The molecule has 3 nitrogen and oxygen atoms in total. The fraction of sp³-hybridized carbons (Fsp3) is 0.300. The van der Waals surface area contributed by atoms with Crippen molar-refractivity contribution in [3.8, 4) is 0 Å². The van der Waals surface area contributed by atoms with Crippen molar-refractivity contribution < 1.29 is 0 Å². The molecule has 0 aromatic carbocycles. The van der Waals surface area contributed by atoms with Crippen molar-refractivity contribution in [2.45, 2.75) is 0 Å². The van der Waals surface area contributed by atoms with Gasteiger partial charge in [0.15, 0.2) is 5.82 Å². The van der Waals surface area contributed by atoms with Gasteiger partial charge in [0, 0.05) is 26.8 Å². The van der Waals surface area contributed by atoms with Crippen LogP contribution in [-0.2, 0) is 0 Å². The van der Waals surface area contributed by atoms with Gasteiger partial charge in [-0.1, -0.05) is 6.08 Å². The third-order valence-corrected chi connectivity index (χ3v) is 1.65. The first-order valence-corrected chi connectivity index (χ1v) is 4.23. The highest BCUT2D eigenvalue weighted by Gasteiger charge is 2.02. The molecule has 3 heteroatoms. The molecule has 13 heavy (non-hydrogen) atoms. The second-order valence-corrected chi connectivity index (χ2v) is 2.94. The van der Waals surface area contributed by atoms with Crippen molar-refractivity contribution >= 4 is 11.5 Å². The highest BCUT2D eigenvalue weighted by Crippen LogP contribution is 2.19. The first-order chi connectivity index (χ1) is 6.25. The van der Waals surface area contributed by atoms with Crippen LogP contribution in [0.3, 0.4) is 0 Å². The first-order valence-electron chi connectivity index (χ1n) is 4.23. The molecule has 0 aliphatic carbocycles. The van der Waals surface area contributed by atoms with Crippen LogP contribution in [0.4, 0.5) is 11.5 Å². The Bertz CT molecular complexity index is 281. The molecule has 1 aromatic heterocycles. The van der Waals surface area contributed by atoms with E-state index in [1.165, 1.54) is 0 Å². The largest absolute Gasteiger partial charge is 0.379 e. The summed E-state index contributed by atoms with van der Waals surface area (Å²) in [4.78, 5) is 6.24. The van der Waals surface area contributed by atoms with Crippen LogP contribution in [0, 0.1) is 0 Å². The maximum absolute atomic E-state index is 4.26. The Morgan fingerprint density at radius 3 is 3.00 bits per heavy atom. The molecule has 1 rings (SSSR count). The van der Waals surface area contributed by atoms with Gasteiger partial charge in [-0.3, -0.25) is 0 Å². The zero-order chi connectivity index (χ0) is 9.68. The predicted octanol–water partition coefficient (Wildman–Crippen LogP) is 1.75. The van der Waals surface area contributed by atoms with Crippen LogP contribution in [0.1, 0.15) is 0 Å². The van der Waals surface area contributed by atoms with Gasteiger partial charge in [0.2, 0.25) is 0 Å². The average molecular weight is 177 g/mol. The van der Waals surface area contributed by atoms with E-state index in [9.17, 15) is 0 Å². The van der Waals surface area contributed by atoms with Gasteiger partial charge in [-0.2, -0.15) is 0 Å². The second-order valence-electron chi connectivity index (χ2n) is 2.94. The summed E-state index contributed by atoms with van der Waals surface area (Å²) in [5.74, 6) is 0.948. The Morgan fingerprint density at radius 1 is 1.62 bits per heavy atom. The third kappa shape index (κ3) is 2.47. The van der Waals surface area contributed by atoms with E-state index in [0.717, 1.165) is 18.1 Å². The highest BCUT2D eigenvalue weighted by atomic mass is 15.2. The van der Waals surface area contributed by atoms with Crippen LogP contribution >= 0.6 is 0 Å². The van der Waals surface area contributed by atoms with E-state index in [4.69, 9.17) is 0 Å². The van der Waals surface area contributed by atoms with E-state index in [1.807, 2.05) is 37.2 Å². The average Bonchev–Trinajstić information content (AvgIpc) is 2.15. The lowest BCUT2D eigenvalue weighted by Crippen LogP contribution is -2.13. The van der Waals surface area contributed by atoms with Gasteiger partial charge in [0.1, 0.15) is 0 Å². The zero-order valence-corrected chi connectivity index (χ0v) is 8.12. The van der Waals surface area contributed by atoms with Crippen molar-refractivity contribution in [2.75, 3.05) is 30.9 Å². The predicted molar refractivity (Wildman–Crippen MR) is 57.3 cm³/mol. The quantitative estimate of drug-likeness (QED) is 0.710. The van der Waals surface area contributed by atoms with Crippen LogP contribution < -0.4 is 10.2 Å². The lowest BCUT2D eigenvalue weighted by molar-refractivity contribution is 1.06. The maximum atomic E-state index is 4.26. The monoisotopic (exact) mass is 177 g/mol. The standard InChI is InChI=1S/C10H15N3/c1-4-7-11-9-6-5-8-12-10(9)13(2)3/h4-6,8,11H,1,7H2,2-3H3. The summed E-state index contributed by atoms with van der Waals surface area (Å²) in [6.45, 7) is 4.41. The minimum atomic E-state index is 0.756. The van der Waals surface area contributed by atoms with E-state index < -0.39 is 0 Å². The Morgan fingerprint density at radius 2 is 2.38 bits per heavy atom. The third-order valence-electron chi connectivity index (χ3n) is 1.65. The lowest BCUT2D eigenvalue weighted by Gasteiger charge is -2.15. The minimum Gasteiger partial charge on any atom is -0.379 e. The molecular formula is C10H15N3. The number of pyridine rings is 1. The fourth-order valence-corrected chi connectivity index (χ4v) is 1.07. The zero-order valence-electron chi connectivity index (χ0n) is 8.12. The molecule has 0 saturated carbocycles. The highest BCUT2D eigenvalue weighted by molar-refractivity contribution is 5.64. The molecule has 0 atom stereocenters. The lowest BCUT2D eigenvalue weighted by atomic mass is 10.3. The molecule has 70 valence electrons. The van der Waals surface area contributed by atoms with Crippen molar-refractivity contribution in [2.24, 2.45) is 0 Å². The van der Waals surface area contributed by atoms with E-state index >= 15 is 0 Å². The Hall–Kier alpha value is -1.51. The molecule has 1 aromatic rings. The Labute approximate surface area is 79.1 Å². The number of hydrogen-bond acceptors (Lipinski definition) is 3. The summed E-state index contributed by atoms with van der Waals surface area (Å²) in [7, 11) is 3.95. The molecule has 0 amide bonds. The van der Waals surface area contributed by atoms with E-state index in [-0.39, 0.29) is 0 Å². The molecular weight excluding hydrogens is 162 g/mol. The van der Waals surface area contributed by atoms with Crippen LogP contribution in [0.25, 0.3) is 0 Å². The normalized spacial score (nSPS) is 9.38. The van der Waals surface area contributed by atoms with Gasteiger partial charge in [0.05, 0.1) is 5.69 Å². The number of nitrogens with zero attached hydrogens (tertiary/aromatic N) is 2. The molecule has 0 bridgehead atoms. The van der Waals surface area contributed by atoms with Crippen LogP contribution in [0.2, 0.25) is 0 Å². The SMILES string of the molecule is C=CCNc1cccnc1N(C)C. The smallest absolute Gasteiger partial charge is 0.151 e. The fourth-order valence-electron chi connectivity index (χ4n) is 1.07.